The predicted octanol–water partition coefficient (Wildman–Crippen LogP) is 2.98. The molecule has 2 N–H and O–H groups in total. The molecule has 0 aliphatic carbocycles. The van der Waals surface area contributed by atoms with E-state index in [2.05, 4.69) is 15.9 Å². The quantitative estimate of drug-likeness (QED) is 0.648. The third-order valence-electron chi connectivity index (χ3n) is 2.38. The molecule has 1 rings (SSSR count). The number of allylic oxidation sites excluding steroid dienone is 3. The number of halogens is 1. The summed E-state index contributed by atoms with van der Waals surface area (Å²) in [6.45, 7) is 1.90. The van der Waals surface area contributed by atoms with E-state index >= 15 is 0 Å². The first-order valence-corrected chi connectivity index (χ1v) is 6.43. The number of hydrogen-bond acceptors (Lipinski definition) is 2. The summed E-state index contributed by atoms with van der Waals surface area (Å²) in [6.07, 6.45) is 5.64. The minimum Gasteiger partial charge on any atom is -0.388 e. The lowest BCUT2D eigenvalue weighted by atomic mass is 10.0. The van der Waals surface area contributed by atoms with Crippen LogP contribution in [0.5, 0.6) is 0 Å². The fourth-order valence-electron chi connectivity index (χ4n) is 1.42. The molecule has 0 saturated heterocycles. The number of hydrogen-bond donors (Lipinski definition) is 2. The van der Waals surface area contributed by atoms with Gasteiger partial charge in [-0.15, -0.1) is 0 Å². The Balaban J connectivity index is 2.66. The van der Waals surface area contributed by atoms with Crippen molar-refractivity contribution in [2.45, 2.75) is 24.0 Å². The van der Waals surface area contributed by atoms with Gasteiger partial charge in [0, 0.05) is 0 Å². The van der Waals surface area contributed by atoms with E-state index in [0.717, 1.165) is 5.56 Å². The molecule has 1 aromatic carbocycles. The SMILES string of the molecule is C/C=C/C=C/[C@H](O)[C@@H](Br)[C@H](O)c1ccccc1. The van der Waals surface area contributed by atoms with Crippen molar-refractivity contribution in [3.05, 3.63) is 60.2 Å². The number of aliphatic hydroxyl groups excluding tert-OH is 2. The Kier molecular flexibility index (Phi) is 6.19. The molecule has 0 unspecified atom stereocenters. The second kappa shape index (κ2) is 7.43. The number of benzene rings is 1. The van der Waals surface area contributed by atoms with E-state index in [-0.39, 0.29) is 0 Å². The molecular formula is C14H17BrO2. The van der Waals surface area contributed by atoms with Gasteiger partial charge in [0.25, 0.3) is 0 Å². The summed E-state index contributed by atoms with van der Waals surface area (Å²) in [5.41, 5.74) is 0.785. The molecule has 0 heterocycles. The van der Waals surface area contributed by atoms with Crippen LogP contribution >= 0.6 is 15.9 Å². The minimum absolute atomic E-state index is 0.425. The van der Waals surface area contributed by atoms with E-state index in [9.17, 15) is 10.2 Å². The smallest absolute Gasteiger partial charge is 0.0943 e. The maximum Gasteiger partial charge on any atom is 0.0943 e. The molecule has 3 atom stereocenters. The van der Waals surface area contributed by atoms with Gasteiger partial charge in [0.15, 0.2) is 0 Å². The molecule has 1 aromatic rings. The Bertz CT molecular complexity index is 373. The second-order valence-corrected chi connectivity index (χ2v) is 4.76. The summed E-state index contributed by atoms with van der Waals surface area (Å²) in [4.78, 5) is -0.425. The molecule has 0 spiro atoms. The normalized spacial score (nSPS) is 17.4. The summed E-state index contributed by atoms with van der Waals surface area (Å²) in [7, 11) is 0. The number of aliphatic hydroxyl groups is 2. The summed E-state index contributed by atoms with van der Waals surface area (Å²) in [5, 5.41) is 19.9. The van der Waals surface area contributed by atoms with Crippen LogP contribution in [0.2, 0.25) is 0 Å². The molecule has 2 nitrogen and oxygen atoms in total. The highest BCUT2D eigenvalue weighted by molar-refractivity contribution is 9.09. The number of rotatable bonds is 5. The fourth-order valence-corrected chi connectivity index (χ4v) is 1.90. The standard InChI is InChI=1S/C14H17BrO2/c1-2-3-5-10-12(16)13(15)14(17)11-8-6-4-7-9-11/h2-10,12-14,16-17H,1H3/b3-2+,10-5+/t12-,13+,14+/m0/s1. The third kappa shape index (κ3) is 4.46. The average Bonchev–Trinajstić information content (AvgIpc) is 2.38. The lowest BCUT2D eigenvalue weighted by Gasteiger charge is -2.20. The first-order chi connectivity index (χ1) is 8.16. The van der Waals surface area contributed by atoms with Gasteiger partial charge in [-0.2, -0.15) is 0 Å². The molecule has 17 heavy (non-hydrogen) atoms. The van der Waals surface area contributed by atoms with Crippen molar-refractivity contribution in [2.75, 3.05) is 0 Å². The van der Waals surface area contributed by atoms with Crippen LogP contribution in [0.15, 0.2) is 54.6 Å². The Morgan fingerprint density at radius 3 is 2.35 bits per heavy atom. The van der Waals surface area contributed by atoms with E-state index in [1.165, 1.54) is 0 Å². The Morgan fingerprint density at radius 1 is 1.12 bits per heavy atom. The minimum atomic E-state index is -0.735. The molecule has 92 valence electrons. The Labute approximate surface area is 110 Å². The van der Waals surface area contributed by atoms with Crippen LogP contribution in [0.25, 0.3) is 0 Å². The summed E-state index contributed by atoms with van der Waals surface area (Å²) in [6, 6.07) is 9.28. The van der Waals surface area contributed by atoms with Gasteiger partial charge >= 0.3 is 0 Å². The zero-order valence-electron chi connectivity index (χ0n) is 9.70. The largest absolute Gasteiger partial charge is 0.388 e. The molecule has 0 radical (unpaired) electrons. The van der Waals surface area contributed by atoms with Gasteiger partial charge < -0.3 is 10.2 Å². The van der Waals surface area contributed by atoms with Crippen LogP contribution in [0.1, 0.15) is 18.6 Å². The topological polar surface area (TPSA) is 40.5 Å². The molecule has 0 saturated carbocycles. The van der Waals surface area contributed by atoms with Gasteiger partial charge in [0.05, 0.1) is 17.0 Å². The van der Waals surface area contributed by atoms with E-state index in [1.54, 1.807) is 12.2 Å². The van der Waals surface area contributed by atoms with Gasteiger partial charge in [-0.1, -0.05) is 70.6 Å². The van der Waals surface area contributed by atoms with Gasteiger partial charge in [-0.05, 0) is 12.5 Å². The first-order valence-electron chi connectivity index (χ1n) is 5.51. The van der Waals surface area contributed by atoms with Gasteiger partial charge in [0.1, 0.15) is 0 Å². The van der Waals surface area contributed by atoms with Crippen molar-refractivity contribution in [1.82, 2.24) is 0 Å². The summed E-state index contributed by atoms with van der Waals surface area (Å²) >= 11 is 3.32. The lowest BCUT2D eigenvalue weighted by molar-refractivity contribution is 0.115. The van der Waals surface area contributed by atoms with E-state index < -0.39 is 17.0 Å². The fraction of sp³-hybridized carbons (Fsp3) is 0.286. The molecule has 0 bridgehead atoms. The van der Waals surface area contributed by atoms with Gasteiger partial charge in [-0.25, -0.2) is 0 Å². The molecule has 0 aliphatic heterocycles. The van der Waals surface area contributed by atoms with Crippen LogP contribution in [0.3, 0.4) is 0 Å². The van der Waals surface area contributed by atoms with E-state index in [1.807, 2.05) is 49.4 Å². The van der Waals surface area contributed by atoms with Crippen molar-refractivity contribution in [3.8, 4) is 0 Å². The van der Waals surface area contributed by atoms with Crippen LogP contribution in [0, 0.1) is 0 Å². The van der Waals surface area contributed by atoms with E-state index in [4.69, 9.17) is 0 Å². The third-order valence-corrected chi connectivity index (χ3v) is 3.42. The monoisotopic (exact) mass is 296 g/mol. The Morgan fingerprint density at radius 2 is 1.76 bits per heavy atom. The van der Waals surface area contributed by atoms with Crippen LogP contribution in [0.4, 0.5) is 0 Å². The molecule has 0 amide bonds. The molecule has 0 fully saturated rings. The van der Waals surface area contributed by atoms with Crippen LogP contribution in [-0.4, -0.2) is 21.1 Å². The van der Waals surface area contributed by atoms with Crippen LogP contribution < -0.4 is 0 Å². The summed E-state index contributed by atoms with van der Waals surface area (Å²) < 4.78 is 0. The molecular weight excluding hydrogens is 280 g/mol. The molecule has 0 aliphatic rings. The average molecular weight is 297 g/mol. The highest BCUT2D eigenvalue weighted by Gasteiger charge is 2.23. The van der Waals surface area contributed by atoms with Crippen molar-refractivity contribution in [1.29, 1.82) is 0 Å². The van der Waals surface area contributed by atoms with E-state index in [0.29, 0.717) is 0 Å². The molecule has 3 heteroatoms. The predicted molar refractivity (Wildman–Crippen MR) is 74.1 cm³/mol. The van der Waals surface area contributed by atoms with Crippen molar-refractivity contribution < 1.29 is 10.2 Å². The highest BCUT2D eigenvalue weighted by atomic mass is 79.9. The lowest BCUT2D eigenvalue weighted by Crippen LogP contribution is -2.25. The van der Waals surface area contributed by atoms with Gasteiger partial charge in [-0.3, -0.25) is 0 Å². The highest BCUT2D eigenvalue weighted by Crippen LogP contribution is 2.25. The summed E-state index contributed by atoms with van der Waals surface area (Å²) in [5.74, 6) is 0. The van der Waals surface area contributed by atoms with Crippen molar-refractivity contribution in [3.63, 3.8) is 0 Å². The first kappa shape index (κ1) is 14.2. The van der Waals surface area contributed by atoms with Crippen molar-refractivity contribution >= 4 is 15.9 Å². The zero-order chi connectivity index (χ0) is 12.7. The maximum atomic E-state index is 10.1. The van der Waals surface area contributed by atoms with Crippen molar-refractivity contribution in [2.24, 2.45) is 0 Å². The van der Waals surface area contributed by atoms with Crippen LogP contribution in [-0.2, 0) is 0 Å². The number of alkyl halides is 1. The zero-order valence-corrected chi connectivity index (χ0v) is 11.3. The maximum absolute atomic E-state index is 10.1. The Hall–Kier alpha value is -0.900. The van der Waals surface area contributed by atoms with Gasteiger partial charge in [0.2, 0.25) is 0 Å². The molecule has 0 aromatic heterocycles. The second-order valence-electron chi connectivity index (χ2n) is 3.70.